The topological polar surface area (TPSA) is 77.0 Å². The zero-order chi connectivity index (χ0) is 13.2. The molecule has 0 fully saturated rings. The minimum atomic E-state index is 0.520. The lowest BCUT2D eigenvalue weighted by atomic mass is 10.2. The second kappa shape index (κ2) is 4.72. The summed E-state index contributed by atoms with van der Waals surface area (Å²) in [4.78, 5) is 8.66. The third-order valence-electron chi connectivity index (χ3n) is 2.86. The van der Waals surface area contributed by atoms with E-state index in [1.54, 1.807) is 6.26 Å². The number of hydrogen-bond donors (Lipinski definition) is 1. The van der Waals surface area contributed by atoms with Crippen LogP contribution in [0.3, 0.4) is 0 Å². The smallest absolute Gasteiger partial charge is 0.263 e. The molecule has 0 unspecified atom stereocenters. The highest BCUT2D eigenvalue weighted by molar-refractivity contribution is 5.87. The van der Waals surface area contributed by atoms with Gasteiger partial charge in [0.1, 0.15) is 22.8 Å². The lowest BCUT2D eigenvalue weighted by Gasteiger charge is -2.05. The van der Waals surface area contributed by atoms with Crippen molar-refractivity contribution in [3.63, 3.8) is 0 Å². The fourth-order valence-corrected chi connectivity index (χ4v) is 1.97. The fraction of sp³-hybridized carbons (Fsp3) is 0.308. The van der Waals surface area contributed by atoms with Gasteiger partial charge in [0.05, 0.1) is 18.5 Å². The van der Waals surface area contributed by atoms with E-state index < -0.39 is 0 Å². The fourth-order valence-electron chi connectivity index (χ4n) is 1.97. The van der Waals surface area contributed by atoms with E-state index in [1.807, 2.05) is 26.0 Å². The first-order valence-electron chi connectivity index (χ1n) is 6.17. The van der Waals surface area contributed by atoms with Gasteiger partial charge in [-0.1, -0.05) is 12.1 Å². The number of furan rings is 1. The Balaban J connectivity index is 1.98. The molecule has 0 amide bonds. The van der Waals surface area contributed by atoms with Gasteiger partial charge in [-0.05, 0) is 25.5 Å². The van der Waals surface area contributed by atoms with Crippen LogP contribution in [-0.2, 0) is 13.0 Å². The van der Waals surface area contributed by atoms with Gasteiger partial charge in [0.15, 0.2) is 0 Å². The third kappa shape index (κ3) is 2.16. The van der Waals surface area contributed by atoms with E-state index in [2.05, 4.69) is 20.4 Å². The monoisotopic (exact) mass is 258 g/mol. The van der Waals surface area contributed by atoms with Crippen LogP contribution in [0.2, 0.25) is 0 Å². The normalized spacial score (nSPS) is 11.1. The van der Waals surface area contributed by atoms with Crippen LogP contribution >= 0.6 is 0 Å². The summed E-state index contributed by atoms with van der Waals surface area (Å²) in [6, 6.07) is 3.77. The first kappa shape index (κ1) is 11.7. The molecular formula is C13H14N4O2. The number of aryl methyl sites for hydroxylation is 2. The highest BCUT2D eigenvalue weighted by Gasteiger charge is 2.15. The van der Waals surface area contributed by atoms with Crippen molar-refractivity contribution in [1.82, 2.24) is 15.1 Å². The molecule has 0 aliphatic rings. The Hall–Kier alpha value is -2.37. The molecule has 0 aromatic carbocycles. The Kier molecular flexibility index (Phi) is 2.91. The van der Waals surface area contributed by atoms with E-state index in [4.69, 9.17) is 8.94 Å². The molecule has 3 aromatic rings. The number of nitrogens with one attached hydrogen (secondary N) is 1. The Morgan fingerprint density at radius 2 is 2.21 bits per heavy atom. The number of anilines is 1. The summed E-state index contributed by atoms with van der Waals surface area (Å²) in [5.74, 6) is 2.23. The van der Waals surface area contributed by atoms with Crippen LogP contribution in [0.1, 0.15) is 24.2 Å². The molecule has 6 nitrogen and oxygen atoms in total. The number of aromatic nitrogens is 3. The highest BCUT2D eigenvalue weighted by Crippen LogP contribution is 2.25. The summed E-state index contributed by atoms with van der Waals surface area (Å²) >= 11 is 0. The summed E-state index contributed by atoms with van der Waals surface area (Å²) in [5, 5.41) is 8.11. The summed E-state index contributed by atoms with van der Waals surface area (Å²) in [6.07, 6.45) is 2.42. The zero-order valence-corrected chi connectivity index (χ0v) is 10.8. The first-order valence-corrected chi connectivity index (χ1v) is 6.17. The van der Waals surface area contributed by atoms with Gasteiger partial charge in [-0.15, -0.1) is 0 Å². The summed E-state index contributed by atoms with van der Waals surface area (Å²) in [6.45, 7) is 4.41. The lowest BCUT2D eigenvalue weighted by Crippen LogP contribution is -2.03. The Morgan fingerprint density at radius 1 is 1.32 bits per heavy atom. The van der Waals surface area contributed by atoms with Crippen LogP contribution in [0, 0.1) is 6.92 Å². The molecule has 0 radical (unpaired) electrons. The maximum absolute atomic E-state index is 5.29. The maximum Gasteiger partial charge on any atom is 0.263 e. The van der Waals surface area contributed by atoms with E-state index >= 15 is 0 Å². The van der Waals surface area contributed by atoms with Crippen LogP contribution in [-0.4, -0.2) is 15.1 Å². The molecule has 3 heterocycles. The standard InChI is InChI=1S/C13H14N4O2/c1-3-10-11-12(14-7-9-5-4-6-18-9)15-8(2)16-13(11)19-17-10/h4-6H,3,7H2,1-2H3,(H,14,15,16). The molecule has 0 aliphatic carbocycles. The van der Waals surface area contributed by atoms with Gasteiger partial charge in [-0.25, -0.2) is 4.98 Å². The lowest BCUT2D eigenvalue weighted by molar-refractivity contribution is 0.439. The quantitative estimate of drug-likeness (QED) is 0.775. The highest BCUT2D eigenvalue weighted by atomic mass is 16.5. The third-order valence-corrected chi connectivity index (χ3v) is 2.86. The van der Waals surface area contributed by atoms with Crippen molar-refractivity contribution in [1.29, 1.82) is 0 Å². The maximum atomic E-state index is 5.29. The molecular weight excluding hydrogens is 244 g/mol. The van der Waals surface area contributed by atoms with Gasteiger partial charge in [-0.2, -0.15) is 4.98 Å². The van der Waals surface area contributed by atoms with Crippen molar-refractivity contribution in [3.05, 3.63) is 35.7 Å². The summed E-state index contributed by atoms with van der Waals surface area (Å²) in [5.41, 5.74) is 1.38. The van der Waals surface area contributed by atoms with Crippen molar-refractivity contribution in [2.24, 2.45) is 0 Å². The molecule has 3 aromatic heterocycles. The predicted molar refractivity (Wildman–Crippen MR) is 69.7 cm³/mol. The van der Waals surface area contributed by atoms with Crippen molar-refractivity contribution >= 4 is 16.9 Å². The molecule has 0 saturated heterocycles. The van der Waals surface area contributed by atoms with Crippen molar-refractivity contribution in [2.75, 3.05) is 5.32 Å². The van der Waals surface area contributed by atoms with Crippen LogP contribution in [0.5, 0.6) is 0 Å². The number of nitrogens with zero attached hydrogens (tertiary/aromatic N) is 3. The minimum absolute atomic E-state index is 0.520. The molecule has 19 heavy (non-hydrogen) atoms. The molecule has 6 heteroatoms. The zero-order valence-electron chi connectivity index (χ0n) is 10.8. The van der Waals surface area contributed by atoms with E-state index in [0.717, 1.165) is 29.1 Å². The van der Waals surface area contributed by atoms with Crippen LogP contribution in [0.25, 0.3) is 11.1 Å². The van der Waals surface area contributed by atoms with E-state index in [0.29, 0.717) is 18.1 Å². The second-order valence-electron chi connectivity index (χ2n) is 4.22. The second-order valence-corrected chi connectivity index (χ2v) is 4.22. The van der Waals surface area contributed by atoms with Gasteiger partial charge in [0.2, 0.25) is 0 Å². The molecule has 98 valence electrons. The largest absolute Gasteiger partial charge is 0.467 e. The van der Waals surface area contributed by atoms with Crippen molar-refractivity contribution in [2.45, 2.75) is 26.8 Å². The van der Waals surface area contributed by atoms with E-state index in [1.165, 1.54) is 0 Å². The SMILES string of the molecule is CCc1noc2nc(C)nc(NCc3ccco3)c12. The van der Waals surface area contributed by atoms with Crippen molar-refractivity contribution in [3.8, 4) is 0 Å². The minimum Gasteiger partial charge on any atom is -0.467 e. The molecule has 0 aliphatic heterocycles. The number of hydrogen-bond acceptors (Lipinski definition) is 6. The van der Waals surface area contributed by atoms with E-state index in [-0.39, 0.29) is 0 Å². The van der Waals surface area contributed by atoms with Gasteiger partial charge < -0.3 is 14.3 Å². The predicted octanol–water partition coefficient (Wildman–Crippen LogP) is 2.69. The van der Waals surface area contributed by atoms with Crippen molar-refractivity contribution < 1.29 is 8.94 Å². The molecule has 1 N–H and O–H groups in total. The van der Waals surface area contributed by atoms with Crippen LogP contribution in [0.15, 0.2) is 27.3 Å². The Bertz CT molecular complexity index is 688. The molecule has 0 atom stereocenters. The average molecular weight is 258 g/mol. The molecule has 0 spiro atoms. The first-order chi connectivity index (χ1) is 9.28. The van der Waals surface area contributed by atoms with Crippen LogP contribution in [0.4, 0.5) is 5.82 Å². The summed E-state index contributed by atoms with van der Waals surface area (Å²) < 4.78 is 10.5. The van der Waals surface area contributed by atoms with Gasteiger partial charge in [0, 0.05) is 0 Å². The summed E-state index contributed by atoms with van der Waals surface area (Å²) in [7, 11) is 0. The van der Waals surface area contributed by atoms with E-state index in [9.17, 15) is 0 Å². The van der Waals surface area contributed by atoms with Gasteiger partial charge in [0.25, 0.3) is 5.71 Å². The average Bonchev–Trinajstić information content (AvgIpc) is 3.04. The van der Waals surface area contributed by atoms with Crippen LogP contribution < -0.4 is 5.32 Å². The number of fused-ring (bicyclic) bond motifs is 1. The molecule has 3 rings (SSSR count). The molecule has 0 bridgehead atoms. The van der Waals surface area contributed by atoms with Gasteiger partial charge in [-0.3, -0.25) is 0 Å². The Morgan fingerprint density at radius 3 is 2.95 bits per heavy atom. The number of rotatable bonds is 4. The molecule has 0 saturated carbocycles. The van der Waals surface area contributed by atoms with Gasteiger partial charge >= 0.3 is 0 Å². The Labute approximate surface area is 109 Å².